The van der Waals surface area contributed by atoms with Gasteiger partial charge in [-0.15, -0.1) is 0 Å². The summed E-state index contributed by atoms with van der Waals surface area (Å²) in [6.07, 6.45) is 64.0. The van der Waals surface area contributed by atoms with Crippen molar-refractivity contribution in [1.82, 2.24) is 0 Å². The number of rotatable bonds is 44. The zero-order chi connectivity index (χ0) is 47.7. The first-order chi connectivity index (χ1) is 31.6. The number of carbonyl (C=O) groups excluding carboxylic acids is 3. The number of hydrogen-bond acceptors (Lipinski definition) is 7. The molecule has 8 heteroatoms. The Balaban J connectivity index is 4.39. The maximum Gasteiger partial charge on any atom is 0.306 e. The maximum absolute atomic E-state index is 12.8. The lowest BCUT2D eigenvalue weighted by atomic mass is 10.1. The Morgan fingerprint density at radius 1 is 0.492 bits per heavy atom. The van der Waals surface area contributed by atoms with Crippen molar-refractivity contribution in [2.24, 2.45) is 0 Å². The van der Waals surface area contributed by atoms with Gasteiger partial charge in [-0.2, -0.15) is 0 Å². The summed E-state index contributed by atoms with van der Waals surface area (Å²) in [7, 11) is 5.39. The van der Waals surface area contributed by atoms with Gasteiger partial charge in [-0.25, -0.2) is 0 Å². The third-order valence-corrected chi connectivity index (χ3v) is 10.7. The van der Waals surface area contributed by atoms with Crippen LogP contribution in [0.25, 0.3) is 0 Å². The van der Waals surface area contributed by atoms with Crippen molar-refractivity contribution in [3.05, 3.63) is 109 Å². The number of nitrogens with zero attached hydrogens (tertiary/aromatic N) is 1. The fourth-order valence-electron chi connectivity index (χ4n) is 6.78. The molecular formula is C57H93NO7. The van der Waals surface area contributed by atoms with Gasteiger partial charge in [0.05, 0.1) is 40.3 Å². The zero-order valence-corrected chi connectivity index (χ0v) is 41.9. The minimum atomic E-state index is -1.14. The van der Waals surface area contributed by atoms with Gasteiger partial charge >= 0.3 is 11.9 Å². The van der Waals surface area contributed by atoms with Crippen molar-refractivity contribution in [3.63, 3.8) is 0 Å². The van der Waals surface area contributed by atoms with Gasteiger partial charge in [0, 0.05) is 19.3 Å². The molecule has 0 saturated heterocycles. The van der Waals surface area contributed by atoms with E-state index >= 15 is 0 Å². The van der Waals surface area contributed by atoms with Crippen LogP contribution < -0.4 is 5.11 Å². The van der Waals surface area contributed by atoms with Crippen molar-refractivity contribution in [3.8, 4) is 0 Å². The monoisotopic (exact) mass is 904 g/mol. The van der Waals surface area contributed by atoms with E-state index in [-0.39, 0.29) is 49.1 Å². The van der Waals surface area contributed by atoms with Crippen LogP contribution in [0, 0.1) is 0 Å². The van der Waals surface area contributed by atoms with Crippen LogP contribution in [0.15, 0.2) is 109 Å². The van der Waals surface area contributed by atoms with Gasteiger partial charge in [-0.1, -0.05) is 181 Å². The van der Waals surface area contributed by atoms with E-state index in [2.05, 4.69) is 123 Å². The van der Waals surface area contributed by atoms with E-state index in [0.717, 1.165) is 116 Å². The molecule has 0 aliphatic carbocycles. The maximum atomic E-state index is 12.8. The summed E-state index contributed by atoms with van der Waals surface area (Å²) in [6.45, 7) is 4.47. The average molecular weight is 904 g/mol. The quantitative estimate of drug-likeness (QED) is 0.0197. The Hall–Kier alpha value is -4.01. The van der Waals surface area contributed by atoms with Gasteiger partial charge < -0.3 is 28.6 Å². The second kappa shape index (κ2) is 46.5. The van der Waals surface area contributed by atoms with Crippen LogP contribution in [0.4, 0.5) is 0 Å². The first-order valence-corrected chi connectivity index (χ1v) is 25.4. The lowest BCUT2D eigenvalue weighted by molar-refractivity contribution is -0.889. The number of unbranched alkanes of at least 4 members (excludes halogenated alkanes) is 14. The Morgan fingerprint density at radius 3 is 1.40 bits per heavy atom. The van der Waals surface area contributed by atoms with E-state index in [1.165, 1.54) is 32.1 Å². The van der Waals surface area contributed by atoms with E-state index in [1.807, 2.05) is 0 Å². The molecule has 368 valence electrons. The number of ether oxygens (including phenoxy) is 3. The van der Waals surface area contributed by atoms with E-state index < -0.39 is 18.1 Å². The van der Waals surface area contributed by atoms with Crippen molar-refractivity contribution in [1.29, 1.82) is 0 Å². The minimum absolute atomic E-state index is 0.0159. The number of esters is 2. The molecule has 0 aliphatic rings. The van der Waals surface area contributed by atoms with Gasteiger partial charge in [-0.05, 0) is 89.9 Å². The number of likely N-dealkylation sites (N-methyl/N-ethyl adjacent to an activating group) is 1. The standard InChI is InChI=1S/C57H93NO7/c1-6-8-10-12-14-16-18-20-22-24-26-27-28-29-30-32-34-36-38-40-42-44-46-48-56(60)65-53(51-63-50-49-54(57(61)62)58(3,4)5)52-64-55(59)47-45-43-41-39-37-35-33-31-25-23-21-19-17-15-13-11-9-7-2/h8,10,14,16,19-23,25-27,29-31,33-34,36,53-54H,6-7,9,11-13,15,17-18,24,28,32,35,37-52H2,1-5H3/b10-8+,16-14+,21-19+,22-20+,25-23+,27-26+,30-29+,33-31+,36-34+. The van der Waals surface area contributed by atoms with E-state index in [9.17, 15) is 19.5 Å². The molecule has 0 fully saturated rings. The van der Waals surface area contributed by atoms with E-state index in [4.69, 9.17) is 14.2 Å². The first kappa shape index (κ1) is 61.0. The van der Waals surface area contributed by atoms with Crippen molar-refractivity contribution >= 4 is 17.9 Å². The van der Waals surface area contributed by atoms with Crippen LogP contribution in [-0.4, -0.2) is 75.5 Å². The molecule has 0 aromatic carbocycles. The number of carboxylic acids is 1. The highest BCUT2D eigenvalue weighted by Crippen LogP contribution is 2.12. The number of carbonyl (C=O) groups is 3. The van der Waals surface area contributed by atoms with Crippen LogP contribution in [-0.2, 0) is 28.6 Å². The van der Waals surface area contributed by atoms with Gasteiger partial charge in [0.2, 0.25) is 0 Å². The minimum Gasteiger partial charge on any atom is -0.544 e. The van der Waals surface area contributed by atoms with E-state index in [1.54, 1.807) is 21.1 Å². The van der Waals surface area contributed by atoms with Gasteiger partial charge in [0.25, 0.3) is 0 Å². The second-order valence-electron chi connectivity index (χ2n) is 17.7. The number of quaternary nitrogens is 1. The number of carboxylic acid groups (broad SMARTS) is 1. The molecule has 0 N–H and O–H groups in total. The fraction of sp³-hybridized carbons (Fsp3) is 0.632. The van der Waals surface area contributed by atoms with Crippen molar-refractivity contribution < 1.29 is 38.2 Å². The molecular weight excluding hydrogens is 811 g/mol. The summed E-state index contributed by atoms with van der Waals surface area (Å²) in [6, 6.07) is -0.742. The first-order valence-electron chi connectivity index (χ1n) is 25.4. The third-order valence-electron chi connectivity index (χ3n) is 10.7. The number of hydrogen-bond donors (Lipinski definition) is 0. The normalized spacial score (nSPS) is 13.8. The van der Waals surface area contributed by atoms with Crippen LogP contribution in [0.1, 0.15) is 181 Å². The molecule has 0 saturated carbocycles. The molecule has 0 amide bonds. The Morgan fingerprint density at radius 2 is 0.923 bits per heavy atom. The topological polar surface area (TPSA) is 102 Å². The molecule has 65 heavy (non-hydrogen) atoms. The summed E-state index contributed by atoms with van der Waals surface area (Å²) >= 11 is 0. The average Bonchev–Trinajstić information content (AvgIpc) is 3.27. The van der Waals surface area contributed by atoms with Crippen LogP contribution in [0.5, 0.6) is 0 Å². The molecule has 0 aromatic heterocycles. The lowest BCUT2D eigenvalue weighted by Gasteiger charge is -2.34. The summed E-state index contributed by atoms with van der Waals surface area (Å²) < 4.78 is 17.2. The molecule has 0 bridgehead atoms. The van der Waals surface area contributed by atoms with Crippen molar-refractivity contribution in [2.45, 2.75) is 193 Å². The third kappa shape index (κ3) is 45.0. The number of allylic oxidation sites excluding steroid dienone is 18. The van der Waals surface area contributed by atoms with Crippen LogP contribution in [0.2, 0.25) is 0 Å². The lowest BCUT2D eigenvalue weighted by Crippen LogP contribution is -2.55. The predicted octanol–water partition coefficient (Wildman–Crippen LogP) is 13.5. The smallest absolute Gasteiger partial charge is 0.306 e. The highest BCUT2D eigenvalue weighted by molar-refractivity contribution is 5.70. The fourth-order valence-corrected chi connectivity index (χ4v) is 6.78. The molecule has 8 nitrogen and oxygen atoms in total. The SMILES string of the molecule is CC/C=C/C/C=C/C/C=C/C/C=C/C/C=C/C/C=C/CCCCCCC(=O)OC(COCCC(C(=O)[O-])[N+](C)(C)C)COC(=O)CCCCCCC/C=C/C=C/C=C/CCCCCCC. The molecule has 2 atom stereocenters. The molecule has 2 unspecified atom stereocenters. The molecule has 0 aliphatic heterocycles. The summed E-state index contributed by atoms with van der Waals surface area (Å²) in [5.41, 5.74) is 0. The Labute approximate surface area is 398 Å². The summed E-state index contributed by atoms with van der Waals surface area (Å²) in [5.74, 6) is -1.81. The van der Waals surface area contributed by atoms with Gasteiger partial charge in [-0.3, -0.25) is 9.59 Å². The highest BCUT2D eigenvalue weighted by Gasteiger charge is 2.25. The number of aliphatic carboxylic acids is 1. The molecule has 0 radical (unpaired) electrons. The van der Waals surface area contributed by atoms with Crippen LogP contribution >= 0.6 is 0 Å². The van der Waals surface area contributed by atoms with Gasteiger partial charge in [0.1, 0.15) is 12.6 Å². The Kier molecular flexibility index (Phi) is 43.6. The highest BCUT2D eigenvalue weighted by atomic mass is 16.6. The van der Waals surface area contributed by atoms with Gasteiger partial charge in [0.15, 0.2) is 6.10 Å². The Bertz CT molecular complexity index is 1420. The largest absolute Gasteiger partial charge is 0.544 e. The summed E-state index contributed by atoms with van der Waals surface area (Å²) in [5, 5.41) is 11.7. The van der Waals surface area contributed by atoms with Crippen LogP contribution in [0.3, 0.4) is 0 Å². The predicted molar refractivity (Wildman–Crippen MR) is 272 cm³/mol. The molecule has 0 rings (SSSR count). The van der Waals surface area contributed by atoms with Crippen molar-refractivity contribution in [2.75, 3.05) is 41.0 Å². The molecule has 0 spiro atoms. The molecule has 0 heterocycles. The second-order valence-corrected chi connectivity index (χ2v) is 17.7. The zero-order valence-electron chi connectivity index (χ0n) is 41.9. The van der Waals surface area contributed by atoms with E-state index in [0.29, 0.717) is 6.42 Å². The summed E-state index contributed by atoms with van der Waals surface area (Å²) in [4.78, 5) is 37.0. The molecule has 0 aromatic rings.